The molecule has 1 atom stereocenters. The van der Waals surface area contributed by atoms with Gasteiger partial charge in [0.2, 0.25) is 5.91 Å². The van der Waals surface area contributed by atoms with Gasteiger partial charge in [0.25, 0.3) is 0 Å². The van der Waals surface area contributed by atoms with Crippen molar-refractivity contribution in [1.82, 2.24) is 0 Å². The van der Waals surface area contributed by atoms with Crippen LogP contribution in [-0.2, 0) is 20.8 Å². The van der Waals surface area contributed by atoms with Gasteiger partial charge in [-0.25, -0.2) is 12.8 Å². The number of halogens is 4. The molecule has 0 unspecified atom stereocenters. The first kappa shape index (κ1) is 18.4. The molecule has 0 fully saturated rings. The summed E-state index contributed by atoms with van der Waals surface area (Å²) in [6, 6.07) is 1.50. The molecule has 1 rings (SSSR count). The zero-order valence-electron chi connectivity index (χ0n) is 12.0. The van der Waals surface area contributed by atoms with Crippen molar-refractivity contribution in [2.75, 3.05) is 5.32 Å². The summed E-state index contributed by atoms with van der Waals surface area (Å²) in [6.45, 7) is 3.82. The molecule has 0 aromatic heterocycles. The van der Waals surface area contributed by atoms with Crippen LogP contribution in [0.2, 0.25) is 0 Å². The molecule has 0 radical (unpaired) electrons. The maximum atomic E-state index is 13.5. The summed E-state index contributed by atoms with van der Waals surface area (Å²) in [5, 5.41) is -0.470. The van der Waals surface area contributed by atoms with E-state index in [2.05, 4.69) is 0 Å². The fourth-order valence-corrected chi connectivity index (χ4v) is 2.76. The number of sulfone groups is 1. The second kappa shape index (κ2) is 6.23. The minimum atomic E-state index is -4.71. The molecule has 0 spiro atoms. The van der Waals surface area contributed by atoms with Gasteiger partial charge in [0, 0.05) is 0 Å². The lowest BCUT2D eigenvalue weighted by Gasteiger charge is -2.16. The molecule has 124 valence electrons. The van der Waals surface area contributed by atoms with E-state index in [9.17, 15) is 30.8 Å². The van der Waals surface area contributed by atoms with E-state index in [1.54, 1.807) is 0 Å². The Balaban J connectivity index is 3.08. The second-order valence-corrected chi connectivity index (χ2v) is 7.79. The highest BCUT2D eigenvalue weighted by Gasteiger charge is 2.33. The second-order valence-electron chi connectivity index (χ2n) is 4.96. The summed E-state index contributed by atoms with van der Waals surface area (Å²) < 4.78 is 74.9. The van der Waals surface area contributed by atoms with Crippen LogP contribution in [0, 0.1) is 5.82 Å². The Hall–Kier alpha value is -1.64. The van der Waals surface area contributed by atoms with Crippen LogP contribution in [0.4, 0.5) is 23.2 Å². The highest BCUT2D eigenvalue weighted by molar-refractivity contribution is 7.93. The lowest BCUT2D eigenvalue weighted by molar-refractivity contribution is -0.137. The van der Waals surface area contributed by atoms with Gasteiger partial charge in [-0.1, -0.05) is 0 Å². The van der Waals surface area contributed by atoms with E-state index >= 15 is 0 Å². The third-order valence-electron chi connectivity index (χ3n) is 3.07. The van der Waals surface area contributed by atoms with Gasteiger partial charge < -0.3 is 5.32 Å². The molecule has 0 heterocycles. The molecule has 1 aromatic rings. The van der Waals surface area contributed by atoms with E-state index < -0.39 is 49.5 Å². The van der Waals surface area contributed by atoms with Gasteiger partial charge in [-0.15, -0.1) is 0 Å². The Labute approximate surface area is 125 Å². The Kier molecular flexibility index (Phi) is 5.21. The minimum absolute atomic E-state index is 0.419. The number of anilines is 1. The first-order chi connectivity index (χ1) is 9.87. The summed E-state index contributed by atoms with van der Waals surface area (Å²) in [5.41, 5.74) is -1.87. The molecule has 22 heavy (non-hydrogen) atoms. The number of hydrogen-bond acceptors (Lipinski definition) is 3. The smallest absolute Gasteiger partial charge is 0.322 e. The average molecular weight is 341 g/mol. The van der Waals surface area contributed by atoms with Gasteiger partial charge >= 0.3 is 6.18 Å². The fourth-order valence-electron chi connectivity index (χ4n) is 1.59. The molecule has 0 aliphatic heterocycles. The van der Waals surface area contributed by atoms with Gasteiger partial charge in [0.1, 0.15) is 11.1 Å². The third kappa shape index (κ3) is 3.96. The van der Waals surface area contributed by atoms with Crippen molar-refractivity contribution in [1.29, 1.82) is 0 Å². The average Bonchev–Trinajstić information content (AvgIpc) is 2.38. The molecule has 0 saturated carbocycles. The number of benzene rings is 1. The maximum absolute atomic E-state index is 13.5. The van der Waals surface area contributed by atoms with Crippen LogP contribution in [-0.4, -0.2) is 24.8 Å². The van der Waals surface area contributed by atoms with Gasteiger partial charge in [0.15, 0.2) is 9.84 Å². The first-order valence-electron chi connectivity index (χ1n) is 6.27. The van der Waals surface area contributed by atoms with E-state index in [1.165, 1.54) is 13.8 Å². The normalized spacial score (nSPS) is 14.0. The molecule has 0 aliphatic carbocycles. The van der Waals surface area contributed by atoms with Crippen LogP contribution in [0.5, 0.6) is 0 Å². The van der Waals surface area contributed by atoms with Crippen molar-refractivity contribution in [2.45, 2.75) is 37.4 Å². The Morgan fingerprint density at radius 2 is 1.73 bits per heavy atom. The van der Waals surface area contributed by atoms with E-state index in [0.717, 1.165) is 6.92 Å². The van der Waals surface area contributed by atoms with E-state index in [-0.39, 0.29) is 0 Å². The molecule has 0 bridgehead atoms. The number of alkyl halides is 3. The SMILES string of the molecule is CC(C)S(=O)(=O)[C@@H](C)C(=O)Nc1cc(C(F)(F)F)ccc1F. The molecule has 0 saturated heterocycles. The zero-order chi connectivity index (χ0) is 17.3. The zero-order valence-corrected chi connectivity index (χ0v) is 12.8. The van der Waals surface area contributed by atoms with E-state index in [1.807, 2.05) is 5.32 Å². The summed E-state index contributed by atoms with van der Waals surface area (Å²) >= 11 is 0. The van der Waals surface area contributed by atoms with Gasteiger partial charge in [0.05, 0.1) is 16.5 Å². The Morgan fingerprint density at radius 3 is 2.18 bits per heavy atom. The number of carbonyl (C=O) groups excluding carboxylic acids is 1. The van der Waals surface area contributed by atoms with Crippen LogP contribution >= 0.6 is 0 Å². The molecular formula is C13H15F4NO3S. The maximum Gasteiger partial charge on any atom is 0.416 e. The number of hydrogen-bond donors (Lipinski definition) is 1. The van der Waals surface area contributed by atoms with Crippen LogP contribution in [0.15, 0.2) is 18.2 Å². The largest absolute Gasteiger partial charge is 0.416 e. The third-order valence-corrected chi connectivity index (χ3v) is 5.58. The predicted octanol–water partition coefficient (Wildman–Crippen LogP) is 2.99. The first-order valence-corrected chi connectivity index (χ1v) is 7.88. The van der Waals surface area contributed by atoms with Crippen molar-refractivity contribution < 1.29 is 30.8 Å². The van der Waals surface area contributed by atoms with Crippen LogP contribution in [0.3, 0.4) is 0 Å². The summed E-state index contributed by atoms with van der Waals surface area (Å²) in [6.07, 6.45) is -4.71. The number of rotatable bonds is 4. The minimum Gasteiger partial charge on any atom is -0.322 e. The molecule has 1 aromatic carbocycles. The lowest BCUT2D eigenvalue weighted by Crippen LogP contribution is -2.36. The molecule has 0 aliphatic rings. The van der Waals surface area contributed by atoms with E-state index in [4.69, 9.17) is 0 Å². The Morgan fingerprint density at radius 1 is 1.18 bits per heavy atom. The van der Waals surface area contributed by atoms with Crippen molar-refractivity contribution in [2.24, 2.45) is 0 Å². The molecule has 4 nitrogen and oxygen atoms in total. The summed E-state index contributed by atoms with van der Waals surface area (Å²) in [5.74, 6) is -2.18. The van der Waals surface area contributed by atoms with Gasteiger partial charge in [-0.3, -0.25) is 4.79 Å². The topological polar surface area (TPSA) is 63.2 Å². The van der Waals surface area contributed by atoms with Crippen molar-refractivity contribution >= 4 is 21.4 Å². The lowest BCUT2D eigenvalue weighted by atomic mass is 10.2. The van der Waals surface area contributed by atoms with Crippen molar-refractivity contribution in [3.63, 3.8) is 0 Å². The highest BCUT2D eigenvalue weighted by atomic mass is 32.2. The van der Waals surface area contributed by atoms with Gasteiger partial charge in [-0.05, 0) is 39.0 Å². The summed E-state index contributed by atoms with van der Waals surface area (Å²) in [4.78, 5) is 11.8. The Bertz CT molecular complexity index is 668. The van der Waals surface area contributed by atoms with Gasteiger partial charge in [-0.2, -0.15) is 13.2 Å². The predicted molar refractivity (Wildman–Crippen MR) is 73.5 cm³/mol. The summed E-state index contributed by atoms with van der Waals surface area (Å²) in [7, 11) is -3.80. The quantitative estimate of drug-likeness (QED) is 0.857. The standard InChI is InChI=1S/C13H15F4NO3S/c1-7(2)22(20,21)8(3)12(19)18-11-6-9(13(15,16)17)4-5-10(11)14/h4-8H,1-3H3,(H,18,19)/t8-/m0/s1. The fraction of sp³-hybridized carbons (Fsp3) is 0.462. The number of nitrogens with one attached hydrogen (secondary N) is 1. The van der Waals surface area contributed by atoms with Crippen LogP contribution in [0.25, 0.3) is 0 Å². The van der Waals surface area contributed by atoms with Crippen LogP contribution < -0.4 is 5.32 Å². The number of amides is 1. The van der Waals surface area contributed by atoms with Crippen molar-refractivity contribution in [3.05, 3.63) is 29.6 Å². The van der Waals surface area contributed by atoms with Crippen LogP contribution in [0.1, 0.15) is 26.3 Å². The monoisotopic (exact) mass is 341 g/mol. The number of carbonyl (C=O) groups is 1. The van der Waals surface area contributed by atoms with Crippen molar-refractivity contribution in [3.8, 4) is 0 Å². The molecule has 1 N–H and O–H groups in total. The molecule has 1 amide bonds. The van der Waals surface area contributed by atoms with E-state index in [0.29, 0.717) is 18.2 Å². The highest BCUT2D eigenvalue weighted by Crippen LogP contribution is 2.31. The molecule has 9 heteroatoms. The molecular weight excluding hydrogens is 326 g/mol.